The molecule has 2 atom stereocenters. The summed E-state index contributed by atoms with van der Waals surface area (Å²) in [6.45, 7) is 4.32. The molecule has 142 valence electrons. The van der Waals surface area contributed by atoms with E-state index < -0.39 is 24.0 Å². The lowest BCUT2D eigenvalue weighted by atomic mass is 9.82. The number of amidine groups is 1. The number of piperidine rings is 1. The summed E-state index contributed by atoms with van der Waals surface area (Å²) in [5.41, 5.74) is 7.21. The quantitative estimate of drug-likeness (QED) is 0.823. The molecule has 2 N–H and O–H groups in total. The van der Waals surface area contributed by atoms with Crippen LogP contribution >= 0.6 is 0 Å². The fourth-order valence-electron chi connectivity index (χ4n) is 2.96. The SMILES string of the molecule is CCN1C(=O)CC(c2ccc(F)cc2)C(=C(C)N)C1=NC(C)C(F)(F)F. The molecular weight excluding hydrogens is 350 g/mol. The van der Waals surface area contributed by atoms with Gasteiger partial charge in [-0.3, -0.25) is 14.7 Å². The first kappa shape index (κ1) is 19.9. The van der Waals surface area contributed by atoms with Gasteiger partial charge in [0.15, 0.2) is 0 Å². The summed E-state index contributed by atoms with van der Waals surface area (Å²) in [5.74, 6) is -1.43. The van der Waals surface area contributed by atoms with Gasteiger partial charge in [0.25, 0.3) is 0 Å². The molecule has 0 spiro atoms. The minimum absolute atomic E-state index is 0.0305. The Balaban J connectivity index is 2.60. The van der Waals surface area contributed by atoms with Crippen LogP contribution in [0.3, 0.4) is 0 Å². The van der Waals surface area contributed by atoms with Crippen molar-refractivity contribution in [3.05, 3.63) is 46.9 Å². The molecule has 1 fully saturated rings. The topological polar surface area (TPSA) is 58.7 Å². The number of amides is 1. The molecule has 1 aliphatic heterocycles. The lowest BCUT2D eigenvalue weighted by Crippen LogP contribution is -2.46. The molecule has 0 radical (unpaired) electrons. The summed E-state index contributed by atoms with van der Waals surface area (Å²) in [4.78, 5) is 17.5. The van der Waals surface area contributed by atoms with Crippen molar-refractivity contribution >= 4 is 11.7 Å². The molecule has 0 saturated carbocycles. The Morgan fingerprint density at radius 2 is 1.92 bits per heavy atom. The van der Waals surface area contributed by atoms with Crippen LogP contribution in [0, 0.1) is 5.82 Å². The third-order valence-corrected chi connectivity index (χ3v) is 4.33. The molecule has 4 nitrogen and oxygen atoms in total. The second-order valence-electron chi connectivity index (χ2n) is 6.21. The van der Waals surface area contributed by atoms with E-state index in [1.54, 1.807) is 13.8 Å². The zero-order chi connectivity index (χ0) is 19.6. The predicted molar refractivity (Wildman–Crippen MR) is 91.0 cm³/mol. The van der Waals surface area contributed by atoms with Gasteiger partial charge in [0.1, 0.15) is 17.7 Å². The maximum atomic E-state index is 13.2. The first-order valence-corrected chi connectivity index (χ1v) is 8.23. The van der Waals surface area contributed by atoms with Crippen molar-refractivity contribution in [3.63, 3.8) is 0 Å². The number of nitrogens with two attached hydrogens (primary N) is 1. The second-order valence-corrected chi connectivity index (χ2v) is 6.21. The van der Waals surface area contributed by atoms with Crippen LogP contribution < -0.4 is 5.73 Å². The van der Waals surface area contributed by atoms with E-state index in [2.05, 4.69) is 4.99 Å². The minimum atomic E-state index is -4.54. The lowest BCUT2D eigenvalue weighted by molar-refractivity contribution is -0.143. The van der Waals surface area contributed by atoms with Crippen molar-refractivity contribution in [2.75, 3.05) is 6.54 Å². The van der Waals surface area contributed by atoms with Gasteiger partial charge in [-0.25, -0.2) is 4.39 Å². The maximum absolute atomic E-state index is 13.2. The second kappa shape index (κ2) is 7.47. The van der Waals surface area contributed by atoms with Crippen molar-refractivity contribution in [1.82, 2.24) is 4.90 Å². The monoisotopic (exact) mass is 371 g/mol. The van der Waals surface area contributed by atoms with Crippen molar-refractivity contribution < 1.29 is 22.4 Å². The molecule has 1 heterocycles. The van der Waals surface area contributed by atoms with Crippen molar-refractivity contribution in [2.24, 2.45) is 10.7 Å². The van der Waals surface area contributed by atoms with Gasteiger partial charge in [-0.1, -0.05) is 12.1 Å². The highest BCUT2D eigenvalue weighted by Crippen LogP contribution is 2.37. The average molecular weight is 371 g/mol. The van der Waals surface area contributed by atoms with Crippen LogP contribution in [0.5, 0.6) is 0 Å². The molecule has 2 unspecified atom stereocenters. The van der Waals surface area contributed by atoms with Crippen LogP contribution in [0.2, 0.25) is 0 Å². The fraction of sp³-hybridized carbons (Fsp3) is 0.444. The molecule has 1 saturated heterocycles. The highest BCUT2D eigenvalue weighted by molar-refractivity contribution is 6.12. The van der Waals surface area contributed by atoms with Crippen LogP contribution in [0.15, 0.2) is 40.5 Å². The zero-order valence-corrected chi connectivity index (χ0v) is 14.8. The molecule has 0 bridgehead atoms. The van der Waals surface area contributed by atoms with E-state index in [1.807, 2.05) is 0 Å². The number of nitrogens with zero attached hydrogens (tertiary/aromatic N) is 2. The number of hydrogen-bond acceptors (Lipinski definition) is 3. The number of rotatable bonds is 3. The van der Waals surface area contributed by atoms with Crippen molar-refractivity contribution in [3.8, 4) is 0 Å². The maximum Gasteiger partial charge on any atom is 0.410 e. The van der Waals surface area contributed by atoms with Gasteiger partial charge in [0.05, 0.1) is 0 Å². The van der Waals surface area contributed by atoms with E-state index in [0.717, 1.165) is 6.92 Å². The standard InChI is InChI=1S/C18H21F4N3O/c1-4-25-15(26)9-14(12-5-7-13(19)8-6-12)16(10(2)23)17(25)24-11(3)18(20,21)22/h5-8,11,14H,4,9,23H2,1-3H3. The fourth-order valence-corrected chi connectivity index (χ4v) is 2.96. The number of carbonyl (C=O) groups excluding carboxylic acids is 1. The van der Waals surface area contributed by atoms with Gasteiger partial charge in [-0.05, 0) is 38.5 Å². The Morgan fingerprint density at radius 1 is 1.35 bits per heavy atom. The molecular formula is C18H21F4N3O. The number of likely N-dealkylation sites (N-methyl/N-ethyl adjacent to an activating group) is 1. The molecule has 2 rings (SSSR count). The van der Waals surface area contributed by atoms with Gasteiger partial charge in [0.2, 0.25) is 5.91 Å². The molecule has 1 aromatic carbocycles. The first-order chi connectivity index (χ1) is 12.1. The Labute approximate surface area is 149 Å². The van der Waals surface area contributed by atoms with Crippen LogP contribution in [0.25, 0.3) is 0 Å². The molecule has 1 aliphatic rings. The summed E-state index contributed by atoms with van der Waals surface area (Å²) >= 11 is 0. The number of likely N-dealkylation sites (tertiary alicyclic amines) is 1. The largest absolute Gasteiger partial charge is 0.410 e. The molecule has 1 amide bonds. The summed E-state index contributed by atoms with van der Waals surface area (Å²) in [6.07, 6.45) is -4.51. The van der Waals surface area contributed by atoms with Gasteiger partial charge >= 0.3 is 6.18 Å². The van der Waals surface area contributed by atoms with E-state index >= 15 is 0 Å². The average Bonchev–Trinajstić information content (AvgIpc) is 2.54. The predicted octanol–water partition coefficient (Wildman–Crippen LogP) is 3.74. The van der Waals surface area contributed by atoms with E-state index in [4.69, 9.17) is 5.73 Å². The molecule has 1 aromatic rings. The number of hydrogen-bond donors (Lipinski definition) is 1. The van der Waals surface area contributed by atoms with E-state index in [1.165, 1.54) is 29.2 Å². The van der Waals surface area contributed by atoms with E-state index in [9.17, 15) is 22.4 Å². The Hall–Kier alpha value is -2.38. The summed E-state index contributed by atoms with van der Waals surface area (Å²) in [6, 6.07) is 3.50. The highest BCUT2D eigenvalue weighted by Gasteiger charge is 2.41. The summed E-state index contributed by atoms with van der Waals surface area (Å²) in [7, 11) is 0. The summed E-state index contributed by atoms with van der Waals surface area (Å²) < 4.78 is 52.3. The van der Waals surface area contributed by atoms with Crippen LogP contribution in [-0.2, 0) is 4.79 Å². The molecule has 0 aromatic heterocycles. The van der Waals surface area contributed by atoms with E-state index in [0.29, 0.717) is 11.1 Å². The smallest absolute Gasteiger partial charge is 0.402 e. The van der Waals surface area contributed by atoms with Gasteiger partial charge < -0.3 is 5.73 Å². The third kappa shape index (κ3) is 4.05. The van der Waals surface area contributed by atoms with Crippen LogP contribution in [0.1, 0.15) is 38.7 Å². The Bertz CT molecular complexity index is 734. The minimum Gasteiger partial charge on any atom is -0.402 e. The number of benzene rings is 1. The van der Waals surface area contributed by atoms with Crippen LogP contribution in [0.4, 0.5) is 17.6 Å². The van der Waals surface area contributed by atoms with Gasteiger partial charge in [-0.15, -0.1) is 0 Å². The number of aliphatic imine (C=N–C) groups is 1. The van der Waals surface area contributed by atoms with Gasteiger partial charge in [-0.2, -0.15) is 13.2 Å². The molecule has 26 heavy (non-hydrogen) atoms. The Kier molecular flexibility index (Phi) is 5.73. The lowest BCUT2D eigenvalue weighted by Gasteiger charge is -2.36. The number of alkyl halides is 3. The Morgan fingerprint density at radius 3 is 2.38 bits per heavy atom. The first-order valence-electron chi connectivity index (χ1n) is 8.23. The zero-order valence-electron chi connectivity index (χ0n) is 14.8. The number of carbonyl (C=O) groups is 1. The number of halogens is 4. The van der Waals surface area contributed by atoms with Crippen molar-refractivity contribution in [2.45, 2.75) is 45.3 Å². The normalized spacial score (nSPS) is 23.3. The number of allylic oxidation sites excluding steroid dienone is 1. The summed E-state index contributed by atoms with van der Waals surface area (Å²) in [5, 5.41) is 0. The van der Waals surface area contributed by atoms with Crippen molar-refractivity contribution in [1.29, 1.82) is 0 Å². The van der Waals surface area contributed by atoms with Crippen LogP contribution in [-0.4, -0.2) is 35.4 Å². The molecule has 8 heteroatoms. The third-order valence-electron chi connectivity index (χ3n) is 4.33. The molecule has 0 aliphatic carbocycles. The van der Waals surface area contributed by atoms with E-state index in [-0.39, 0.29) is 30.4 Å². The van der Waals surface area contributed by atoms with Gasteiger partial charge in [0, 0.05) is 30.2 Å². The highest BCUT2D eigenvalue weighted by atomic mass is 19.4.